The topological polar surface area (TPSA) is 76.0 Å². The summed E-state index contributed by atoms with van der Waals surface area (Å²) in [5.74, 6) is 0.0232. The van der Waals surface area contributed by atoms with E-state index >= 15 is 0 Å². The number of nitro benzene ring substituents is 1. The molecule has 0 aliphatic heterocycles. The van der Waals surface area contributed by atoms with Crippen molar-refractivity contribution >= 4 is 22.4 Å². The summed E-state index contributed by atoms with van der Waals surface area (Å²) in [6.45, 7) is 3.95. The molecule has 2 aromatic rings. The lowest BCUT2D eigenvalue weighted by Gasteiger charge is -2.09. The highest BCUT2D eigenvalue weighted by molar-refractivity contribution is 6.10. The number of nitrogens with one attached hydrogen (secondary N) is 1. The maximum absolute atomic E-state index is 12.4. The molecule has 0 saturated carbocycles. The highest BCUT2D eigenvalue weighted by Gasteiger charge is 2.22. The Kier molecular flexibility index (Phi) is 3.64. The summed E-state index contributed by atoms with van der Waals surface area (Å²) in [7, 11) is 0. The molecule has 19 heavy (non-hydrogen) atoms. The van der Waals surface area contributed by atoms with E-state index in [0.717, 1.165) is 12.8 Å². The second kappa shape index (κ2) is 5.22. The van der Waals surface area contributed by atoms with Gasteiger partial charge in [0.05, 0.1) is 4.92 Å². The number of carbonyl (C=O) groups is 1. The van der Waals surface area contributed by atoms with E-state index in [2.05, 4.69) is 4.98 Å². The largest absolute Gasteiger partial charge is 0.355 e. The molecule has 0 amide bonds. The third kappa shape index (κ3) is 2.23. The number of nitro groups is 1. The Labute approximate surface area is 110 Å². The Morgan fingerprint density at radius 3 is 2.63 bits per heavy atom. The zero-order chi connectivity index (χ0) is 14.0. The minimum atomic E-state index is -0.440. The molecule has 5 heteroatoms. The SMILES string of the molecule is CCC(CC)C(=O)c1c[nH]c2c([N+](=O)[O-])cccc12. The molecule has 0 unspecified atom stereocenters. The lowest BCUT2D eigenvalue weighted by molar-refractivity contribution is -0.383. The second-order valence-electron chi connectivity index (χ2n) is 4.54. The zero-order valence-corrected chi connectivity index (χ0v) is 11.0. The molecule has 0 aliphatic rings. The number of nitrogens with zero attached hydrogens (tertiary/aromatic N) is 1. The number of hydrogen-bond donors (Lipinski definition) is 1. The Balaban J connectivity index is 2.55. The van der Waals surface area contributed by atoms with Crippen LogP contribution in [-0.4, -0.2) is 15.7 Å². The third-order valence-corrected chi connectivity index (χ3v) is 3.51. The van der Waals surface area contributed by atoms with Crippen molar-refractivity contribution in [3.05, 3.63) is 40.1 Å². The summed E-state index contributed by atoms with van der Waals surface area (Å²) >= 11 is 0. The molecule has 0 fully saturated rings. The van der Waals surface area contributed by atoms with Crippen LogP contribution in [0.5, 0.6) is 0 Å². The number of non-ortho nitro benzene ring substituents is 1. The number of ketones is 1. The van der Waals surface area contributed by atoms with Crippen molar-refractivity contribution in [2.24, 2.45) is 5.92 Å². The van der Waals surface area contributed by atoms with Gasteiger partial charge in [0.1, 0.15) is 5.52 Å². The van der Waals surface area contributed by atoms with E-state index in [1.54, 1.807) is 18.3 Å². The van der Waals surface area contributed by atoms with E-state index in [1.165, 1.54) is 6.07 Å². The standard InChI is InChI=1S/C14H16N2O3/c1-3-9(4-2)14(17)11-8-15-13-10(11)6-5-7-12(13)16(18)19/h5-9,15H,3-4H2,1-2H3. The predicted molar refractivity (Wildman–Crippen MR) is 73.4 cm³/mol. The Morgan fingerprint density at radius 2 is 2.05 bits per heavy atom. The van der Waals surface area contributed by atoms with E-state index < -0.39 is 4.92 Å². The van der Waals surface area contributed by atoms with Gasteiger partial charge in [0.2, 0.25) is 0 Å². The monoisotopic (exact) mass is 260 g/mol. The number of aromatic amines is 1. The summed E-state index contributed by atoms with van der Waals surface area (Å²) in [6.07, 6.45) is 3.13. The molecule has 1 heterocycles. The van der Waals surface area contributed by atoms with Crippen molar-refractivity contribution in [1.29, 1.82) is 0 Å². The van der Waals surface area contributed by atoms with Crippen LogP contribution >= 0.6 is 0 Å². The second-order valence-corrected chi connectivity index (χ2v) is 4.54. The van der Waals surface area contributed by atoms with Crippen molar-refractivity contribution in [2.75, 3.05) is 0 Å². The number of carbonyl (C=O) groups excluding carboxylic acids is 1. The van der Waals surface area contributed by atoms with Gasteiger partial charge in [0, 0.05) is 29.1 Å². The summed E-state index contributed by atoms with van der Waals surface area (Å²) in [4.78, 5) is 25.7. The number of H-pyrrole nitrogens is 1. The zero-order valence-electron chi connectivity index (χ0n) is 11.0. The van der Waals surface area contributed by atoms with Crippen LogP contribution in [-0.2, 0) is 0 Å². The minimum Gasteiger partial charge on any atom is -0.355 e. The molecule has 1 aromatic heterocycles. The maximum atomic E-state index is 12.4. The summed E-state index contributed by atoms with van der Waals surface area (Å²) in [5.41, 5.74) is 0.968. The summed E-state index contributed by atoms with van der Waals surface area (Å²) < 4.78 is 0. The van der Waals surface area contributed by atoms with Crippen molar-refractivity contribution in [2.45, 2.75) is 26.7 Å². The van der Waals surface area contributed by atoms with E-state index in [9.17, 15) is 14.9 Å². The van der Waals surface area contributed by atoms with Crippen LogP contribution in [0.3, 0.4) is 0 Å². The third-order valence-electron chi connectivity index (χ3n) is 3.51. The maximum Gasteiger partial charge on any atom is 0.293 e. The molecule has 1 N–H and O–H groups in total. The van der Waals surface area contributed by atoms with Crippen molar-refractivity contribution in [1.82, 2.24) is 4.98 Å². The van der Waals surface area contributed by atoms with E-state index in [-0.39, 0.29) is 17.4 Å². The predicted octanol–water partition coefficient (Wildman–Crippen LogP) is 3.70. The molecule has 0 bridgehead atoms. The number of rotatable bonds is 5. The van der Waals surface area contributed by atoms with Crippen molar-refractivity contribution in [3.63, 3.8) is 0 Å². The molecule has 0 radical (unpaired) electrons. The number of benzene rings is 1. The van der Waals surface area contributed by atoms with Gasteiger partial charge in [-0.15, -0.1) is 0 Å². The van der Waals surface area contributed by atoms with E-state index in [1.807, 2.05) is 13.8 Å². The number of fused-ring (bicyclic) bond motifs is 1. The molecule has 2 rings (SSSR count). The molecular formula is C14H16N2O3. The van der Waals surface area contributed by atoms with Gasteiger partial charge >= 0.3 is 0 Å². The first-order valence-electron chi connectivity index (χ1n) is 6.38. The van der Waals surface area contributed by atoms with Gasteiger partial charge in [-0.1, -0.05) is 26.0 Å². The minimum absolute atomic E-state index is 0.00102. The Morgan fingerprint density at radius 1 is 1.37 bits per heavy atom. The Bertz CT molecular complexity index is 627. The molecule has 0 spiro atoms. The normalized spacial score (nSPS) is 11.1. The van der Waals surface area contributed by atoms with E-state index in [4.69, 9.17) is 0 Å². The van der Waals surface area contributed by atoms with Crippen LogP contribution in [0.15, 0.2) is 24.4 Å². The quantitative estimate of drug-likeness (QED) is 0.506. The van der Waals surface area contributed by atoms with Crippen molar-refractivity contribution in [3.8, 4) is 0 Å². The van der Waals surface area contributed by atoms with E-state index in [0.29, 0.717) is 16.5 Å². The lowest BCUT2D eigenvalue weighted by atomic mass is 9.93. The van der Waals surface area contributed by atoms with Gasteiger partial charge in [-0.25, -0.2) is 0 Å². The van der Waals surface area contributed by atoms with Gasteiger partial charge in [0.15, 0.2) is 5.78 Å². The molecular weight excluding hydrogens is 244 g/mol. The molecule has 1 aromatic carbocycles. The van der Waals surface area contributed by atoms with Gasteiger partial charge in [-0.3, -0.25) is 14.9 Å². The first kappa shape index (κ1) is 13.3. The first-order chi connectivity index (χ1) is 9.10. The fourth-order valence-electron chi connectivity index (χ4n) is 2.37. The van der Waals surface area contributed by atoms with Crippen LogP contribution < -0.4 is 0 Å². The van der Waals surface area contributed by atoms with Crippen LogP contribution in [0.2, 0.25) is 0 Å². The van der Waals surface area contributed by atoms with Crippen molar-refractivity contribution < 1.29 is 9.72 Å². The highest BCUT2D eigenvalue weighted by Crippen LogP contribution is 2.29. The molecule has 0 aliphatic carbocycles. The summed E-state index contributed by atoms with van der Waals surface area (Å²) in [5, 5.41) is 11.6. The number of para-hydroxylation sites is 1. The van der Waals surface area contributed by atoms with Gasteiger partial charge in [-0.05, 0) is 12.8 Å². The number of Topliss-reactive ketones (excluding diaryl/α,β-unsaturated/α-hetero) is 1. The van der Waals surface area contributed by atoms with Crippen LogP contribution in [0.4, 0.5) is 5.69 Å². The van der Waals surface area contributed by atoms with Crippen LogP contribution in [0.25, 0.3) is 10.9 Å². The highest BCUT2D eigenvalue weighted by atomic mass is 16.6. The van der Waals surface area contributed by atoms with Gasteiger partial charge in [0.25, 0.3) is 5.69 Å². The van der Waals surface area contributed by atoms with Gasteiger partial charge in [-0.2, -0.15) is 0 Å². The molecule has 100 valence electrons. The first-order valence-corrected chi connectivity index (χ1v) is 6.38. The lowest BCUT2D eigenvalue weighted by Crippen LogP contribution is -2.12. The summed E-state index contributed by atoms with van der Waals surface area (Å²) in [6, 6.07) is 4.79. The fraction of sp³-hybridized carbons (Fsp3) is 0.357. The average Bonchev–Trinajstić information content (AvgIpc) is 2.83. The Hall–Kier alpha value is -2.17. The van der Waals surface area contributed by atoms with Crippen LogP contribution in [0.1, 0.15) is 37.0 Å². The molecule has 0 atom stereocenters. The molecule has 5 nitrogen and oxygen atoms in total. The smallest absolute Gasteiger partial charge is 0.293 e. The van der Waals surface area contributed by atoms with Gasteiger partial charge < -0.3 is 4.98 Å². The average molecular weight is 260 g/mol. The number of hydrogen-bond acceptors (Lipinski definition) is 3. The number of aromatic nitrogens is 1. The molecule has 0 saturated heterocycles. The van der Waals surface area contributed by atoms with Crippen LogP contribution in [0, 0.1) is 16.0 Å². The fourth-order valence-corrected chi connectivity index (χ4v) is 2.37.